The van der Waals surface area contributed by atoms with Crippen molar-refractivity contribution in [1.82, 2.24) is 0 Å². The Morgan fingerprint density at radius 1 is 0.800 bits per heavy atom. The molecule has 2 saturated carbocycles. The molecule has 1 saturated heterocycles. The summed E-state index contributed by atoms with van der Waals surface area (Å²) >= 11 is 0. The van der Waals surface area contributed by atoms with Gasteiger partial charge in [0.05, 0.1) is 12.7 Å². The number of ether oxygens (including phenoxy) is 1. The predicted octanol–water partition coefficient (Wildman–Crippen LogP) is 9.42. The number of hydrogen-bond donors (Lipinski definition) is 0. The van der Waals surface area contributed by atoms with E-state index in [0.29, 0.717) is 36.5 Å². The van der Waals surface area contributed by atoms with Gasteiger partial charge in [0.2, 0.25) is 0 Å². The van der Waals surface area contributed by atoms with Crippen LogP contribution in [0.4, 0.5) is 22.0 Å². The van der Waals surface area contributed by atoms with Crippen LogP contribution in [0.15, 0.2) is 18.2 Å². The van der Waals surface area contributed by atoms with Crippen molar-refractivity contribution in [3.05, 3.63) is 41.0 Å². The summed E-state index contributed by atoms with van der Waals surface area (Å²) in [7, 11) is 0. The number of hydrogen-bond acceptors (Lipinski definition) is 1. The summed E-state index contributed by atoms with van der Waals surface area (Å²) in [5, 5.41) is 0. The van der Waals surface area contributed by atoms with E-state index in [4.69, 9.17) is 4.74 Å². The lowest BCUT2D eigenvalue weighted by Gasteiger charge is -2.41. The summed E-state index contributed by atoms with van der Waals surface area (Å²) in [6.45, 7) is 2.87. The molecule has 0 N–H and O–H groups in total. The van der Waals surface area contributed by atoms with E-state index >= 15 is 0 Å². The van der Waals surface area contributed by atoms with Crippen molar-refractivity contribution in [2.24, 2.45) is 29.6 Å². The lowest BCUT2D eigenvalue weighted by atomic mass is 9.66. The maximum atomic E-state index is 14.3. The highest BCUT2D eigenvalue weighted by atomic mass is 19.4. The average Bonchev–Trinajstić information content (AvgIpc) is 2.84. The van der Waals surface area contributed by atoms with Crippen LogP contribution >= 0.6 is 0 Å². The fourth-order valence-corrected chi connectivity index (χ4v) is 6.98. The van der Waals surface area contributed by atoms with Crippen LogP contribution in [0.2, 0.25) is 0 Å². The molecule has 0 bridgehead atoms. The minimum absolute atomic E-state index is 0.151. The second kappa shape index (κ2) is 11.7. The molecule has 2 atom stereocenters. The Balaban J connectivity index is 1.25. The molecule has 4 rings (SSSR count). The molecule has 0 aromatic heterocycles. The highest BCUT2D eigenvalue weighted by Gasteiger charge is 2.35. The van der Waals surface area contributed by atoms with Gasteiger partial charge in [-0.3, -0.25) is 0 Å². The monoisotopic (exact) mass is 498 g/mol. The highest BCUT2D eigenvalue weighted by Crippen LogP contribution is 2.45. The summed E-state index contributed by atoms with van der Waals surface area (Å²) in [5.41, 5.74) is -0.305. The van der Waals surface area contributed by atoms with Crippen molar-refractivity contribution >= 4 is 6.08 Å². The van der Waals surface area contributed by atoms with E-state index in [1.54, 1.807) is 0 Å². The number of halogens is 5. The number of alkyl halides is 3. The van der Waals surface area contributed by atoms with Gasteiger partial charge in [0.15, 0.2) is 0 Å². The zero-order valence-corrected chi connectivity index (χ0v) is 20.8. The lowest BCUT2D eigenvalue weighted by Crippen LogP contribution is -2.32. The first-order valence-electron chi connectivity index (χ1n) is 13.6. The van der Waals surface area contributed by atoms with Crippen molar-refractivity contribution in [1.29, 1.82) is 0 Å². The Hall–Kier alpha value is -1.43. The predicted molar refractivity (Wildman–Crippen MR) is 129 cm³/mol. The molecule has 0 spiro atoms. The van der Waals surface area contributed by atoms with Gasteiger partial charge in [-0.15, -0.1) is 0 Å². The van der Waals surface area contributed by atoms with Crippen LogP contribution in [0.3, 0.4) is 0 Å². The van der Waals surface area contributed by atoms with Crippen LogP contribution in [0.1, 0.15) is 101 Å². The first-order chi connectivity index (χ1) is 16.7. The van der Waals surface area contributed by atoms with E-state index in [2.05, 4.69) is 6.92 Å². The molecular formula is C29H39F5O. The lowest BCUT2D eigenvalue weighted by molar-refractivity contribution is -0.0790. The van der Waals surface area contributed by atoms with Gasteiger partial charge in [-0.2, -0.15) is 13.2 Å². The van der Waals surface area contributed by atoms with Gasteiger partial charge in [0.25, 0.3) is 0 Å². The quantitative estimate of drug-likeness (QED) is 0.355. The maximum Gasteiger partial charge on any atom is 0.409 e. The largest absolute Gasteiger partial charge is 0.409 e. The number of allylic oxidation sites excluding steroid dienone is 1. The molecular weight excluding hydrogens is 459 g/mol. The van der Waals surface area contributed by atoms with Crippen LogP contribution in [-0.4, -0.2) is 12.8 Å². The van der Waals surface area contributed by atoms with Gasteiger partial charge in [-0.05, 0) is 105 Å². The minimum atomic E-state index is -4.62. The van der Waals surface area contributed by atoms with Crippen LogP contribution in [0.25, 0.3) is 6.08 Å². The van der Waals surface area contributed by atoms with E-state index in [1.807, 2.05) is 0 Å². The molecule has 1 aromatic rings. The number of benzene rings is 1. The van der Waals surface area contributed by atoms with Crippen LogP contribution in [0, 0.1) is 41.2 Å². The van der Waals surface area contributed by atoms with Gasteiger partial charge in [0, 0.05) is 11.6 Å². The molecule has 1 aromatic carbocycles. The molecule has 1 heterocycles. The molecule has 0 amide bonds. The van der Waals surface area contributed by atoms with Crippen molar-refractivity contribution in [3.63, 3.8) is 0 Å². The Kier molecular flexibility index (Phi) is 8.94. The van der Waals surface area contributed by atoms with Crippen LogP contribution in [-0.2, 0) is 4.74 Å². The molecule has 2 unspecified atom stereocenters. The summed E-state index contributed by atoms with van der Waals surface area (Å²) in [5.74, 6) is 1.90. The van der Waals surface area contributed by atoms with E-state index < -0.39 is 29.5 Å². The third-order valence-corrected chi connectivity index (χ3v) is 8.96. The van der Waals surface area contributed by atoms with Gasteiger partial charge in [-0.25, -0.2) is 8.78 Å². The average molecular weight is 499 g/mol. The normalized spacial score (nSPS) is 32.7. The van der Waals surface area contributed by atoms with E-state index in [1.165, 1.54) is 64.2 Å². The fourth-order valence-electron chi connectivity index (χ4n) is 6.98. The Morgan fingerprint density at radius 3 is 1.80 bits per heavy atom. The standard InChI is InChI=1S/C29H39F5O/c1-2-3-19-4-6-20(7-5-19)21-8-10-22(11-9-21)23-12-13-28(35-18-23)24-16-26(30)25(27(31)17-24)14-15-29(32,33)34/h14-17,19-23,28H,2-13,18H2,1H3/b15-14+. The fraction of sp³-hybridized carbons (Fsp3) is 0.724. The van der Waals surface area contributed by atoms with Crippen LogP contribution in [0.5, 0.6) is 0 Å². The third kappa shape index (κ3) is 7.08. The third-order valence-electron chi connectivity index (χ3n) is 8.96. The summed E-state index contributed by atoms with van der Waals surface area (Å²) in [6, 6.07) is 2.23. The van der Waals surface area contributed by atoms with E-state index in [-0.39, 0.29) is 6.08 Å². The Morgan fingerprint density at radius 2 is 1.31 bits per heavy atom. The minimum Gasteiger partial charge on any atom is -0.373 e. The molecule has 3 fully saturated rings. The zero-order chi connectivity index (χ0) is 25.0. The topological polar surface area (TPSA) is 9.23 Å². The van der Waals surface area contributed by atoms with Gasteiger partial charge >= 0.3 is 6.18 Å². The van der Waals surface area contributed by atoms with E-state index in [9.17, 15) is 22.0 Å². The highest BCUT2D eigenvalue weighted by molar-refractivity contribution is 5.52. The Labute approximate surface area is 206 Å². The Bertz CT molecular complexity index is 816. The molecule has 196 valence electrons. The van der Waals surface area contributed by atoms with Crippen molar-refractivity contribution in [2.45, 2.75) is 96.3 Å². The maximum absolute atomic E-state index is 14.3. The zero-order valence-electron chi connectivity index (χ0n) is 20.8. The molecule has 3 aliphatic rings. The molecule has 1 nitrogen and oxygen atoms in total. The van der Waals surface area contributed by atoms with Crippen LogP contribution < -0.4 is 0 Å². The SMILES string of the molecule is CCCC1CCC(C2CCC(C3CCC(c4cc(F)c(/C=C/C(F)(F)F)c(F)c4)OC3)CC2)CC1. The first kappa shape index (κ1) is 26.6. The molecule has 6 heteroatoms. The van der Waals surface area contributed by atoms with Gasteiger partial charge in [0.1, 0.15) is 11.6 Å². The second-order valence-electron chi connectivity index (χ2n) is 11.2. The van der Waals surface area contributed by atoms with Crippen molar-refractivity contribution < 1.29 is 26.7 Å². The van der Waals surface area contributed by atoms with Crippen molar-refractivity contribution in [3.8, 4) is 0 Å². The smallest absolute Gasteiger partial charge is 0.373 e. The molecule has 1 aliphatic heterocycles. The summed E-state index contributed by atoms with van der Waals surface area (Å²) in [6.07, 6.45) is 10.4. The number of rotatable bonds is 6. The second-order valence-corrected chi connectivity index (χ2v) is 11.2. The summed E-state index contributed by atoms with van der Waals surface area (Å²) < 4.78 is 71.8. The summed E-state index contributed by atoms with van der Waals surface area (Å²) in [4.78, 5) is 0. The molecule has 35 heavy (non-hydrogen) atoms. The molecule has 2 aliphatic carbocycles. The van der Waals surface area contributed by atoms with Crippen molar-refractivity contribution in [2.75, 3.05) is 6.61 Å². The van der Waals surface area contributed by atoms with Gasteiger partial charge in [-0.1, -0.05) is 32.6 Å². The van der Waals surface area contributed by atoms with Gasteiger partial charge < -0.3 is 4.74 Å². The first-order valence-corrected chi connectivity index (χ1v) is 13.6. The molecule has 0 radical (unpaired) electrons. The van der Waals surface area contributed by atoms with E-state index in [0.717, 1.165) is 36.3 Å².